The van der Waals surface area contributed by atoms with Crippen LogP contribution in [0.4, 0.5) is 5.69 Å². The molecule has 2 aromatic heterocycles. The fourth-order valence-corrected chi connectivity index (χ4v) is 4.45. The summed E-state index contributed by atoms with van der Waals surface area (Å²) in [5.41, 5.74) is 4.77. The quantitative estimate of drug-likeness (QED) is 0.229. The summed E-state index contributed by atoms with van der Waals surface area (Å²) >= 11 is 6.81. The van der Waals surface area contributed by atoms with Crippen molar-refractivity contribution >= 4 is 37.5 Å². The van der Waals surface area contributed by atoms with E-state index in [9.17, 15) is 0 Å². The molecule has 2 saturated carbocycles. The van der Waals surface area contributed by atoms with Crippen molar-refractivity contribution in [2.45, 2.75) is 37.5 Å². The zero-order valence-electron chi connectivity index (χ0n) is 18.7. The van der Waals surface area contributed by atoms with Crippen LogP contribution in [0.25, 0.3) is 16.2 Å². The van der Waals surface area contributed by atoms with Gasteiger partial charge in [-0.2, -0.15) is 10.2 Å². The molecule has 2 aliphatic carbocycles. The van der Waals surface area contributed by atoms with Gasteiger partial charge in [-0.1, -0.05) is 31.9 Å². The van der Waals surface area contributed by atoms with Gasteiger partial charge in [0, 0.05) is 33.2 Å². The van der Waals surface area contributed by atoms with Crippen molar-refractivity contribution in [3.63, 3.8) is 0 Å². The lowest BCUT2D eigenvalue weighted by Gasteiger charge is -2.08. The van der Waals surface area contributed by atoms with Gasteiger partial charge in [0.1, 0.15) is 11.4 Å². The molecule has 2 aromatic carbocycles. The summed E-state index contributed by atoms with van der Waals surface area (Å²) in [6, 6.07) is 15.8. The first-order chi connectivity index (χ1) is 16.6. The normalized spacial score (nSPS) is 14.8. The van der Waals surface area contributed by atoms with Gasteiger partial charge in [0.2, 0.25) is 5.69 Å². The second kappa shape index (κ2) is 9.77. The molecular formula is C26H23Br2N5O. The Labute approximate surface area is 215 Å². The maximum Gasteiger partial charge on any atom is 0.213 e. The smallest absolute Gasteiger partial charge is 0.213 e. The minimum Gasteiger partial charge on any atom is -0.494 e. The van der Waals surface area contributed by atoms with Crippen LogP contribution >= 0.6 is 31.9 Å². The largest absolute Gasteiger partial charge is 0.494 e. The Hall–Kier alpha value is -2.89. The molecule has 6 nitrogen and oxygen atoms in total. The number of rotatable bonds is 5. The van der Waals surface area contributed by atoms with E-state index in [-0.39, 0.29) is 0 Å². The highest BCUT2D eigenvalue weighted by molar-refractivity contribution is 9.10. The first kappa shape index (κ1) is 22.9. The monoisotopic (exact) mass is 579 g/mol. The Morgan fingerprint density at radius 3 is 1.88 bits per heavy atom. The first-order valence-electron chi connectivity index (χ1n) is 11.2. The van der Waals surface area contributed by atoms with Crippen molar-refractivity contribution in [1.82, 2.24) is 19.6 Å². The molecule has 0 radical (unpaired) electrons. The van der Waals surface area contributed by atoms with Gasteiger partial charge in [-0.05, 0) is 74.2 Å². The van der Waals surface area contributed by atoms with E-state index < -0.39 is 0 Å². The number of methoxy groups -OCH3 is 1. The highest BCUT2D eigenvalue weighted by Crippen LogP contribution is 2.40. The molecule has 0 aliphatic heterocycles. The number of halogens is 2. The van der Waals surface area contributed by atoms with Crippen LogP contribution in [-0.4, -0.2) is 26.7 Å². The second-order valence-corrected chi connectivity index (χ2v) is 10.3. The third-order valence-electron chi connectivity index (χ3n) is 5.90. The molecule has 0 spiro atoms. The number of nitrogens with zero attached hydrogens (tertiary/aromatic N) is 5. The number of benzene rings is 2. The summed E-state index contributed by atoms with van der Waals surface area (Å²) in [6.45, 7) is 7.20. The molecule has 0 saturated heterocycles. The molecule has 4 aromatic rings. The number of ether oxygens (including phenoxy) is 1. The Morgan fingerprint density at radius 1 is 0.824 bits per heavy atom. The van der Waals surface area contributed by atoms with Crippen LogP contribution in [0.5, 0.6) is 5.75 Å². The molecule has 0 bridgehead atoms. The molecule has 2 heterocycles. The number of hydrogen-bond acceptors (Lipinski definition) is 3. The van der Waals surface area contributed by atoms with Gasteiger partial charge in [0.25, 0.3) is 0 Å². The fourth-order valence-electron chi connectivity index (χ4n) is 3.76. The van der Waals surface area contributed by atoms with Crippen LogP contribution in [0.3, 0.4) is 0 Å². The van der Waals surface area contributed by atoms with Crippen LogP contribution in [0.15, 0.2) is 69.9 Å². The number of aromatic nitrogens is 4. The topological polar surface area (TPSA) is 49.2 Å². The van der Waals surface area contributed by atoms with E-state index >= 15 is 0 Å². The van der Waals surface area contributed by atoms with E-state index in [1.165, 1.54) is 31.4 Å². The molecule has 0 amide bonds. The van der Waals surface area contributed by atoms with Crippen molar-refractivity contribution < 1.29 is 4.74 Å². The Balaban J connectivity index is 0.000000142. The standard InChI is InChI=1S/C13H10BrN3.C13H13BrN2O/c1-15-12-8-10(14)4-5-13(12)17-7-6-11(16-17)9-2-3-9;1-17-13-8-10(14)4-5-12(13)16-7-6-11(15-16)9-2-3-9/h4-9H,2-3H2;4-9H,2-3H2,1H3. The number of hydrogen-bond donors (Lipinski definition) is 0. The third-order valence-corrected chi connectivity index (χ3v) is 6.89. The minimum atomic E-state index is 0.616. The Morgan fingerprint density at radius 2 is 1.35 bits per heavy atom. The first-order valence-corrected chi connectivity index (χ1v) is 12.8. The van der Waals surface area contributed by atoms with Gasteiger partial charge in [-0.15, -0.1) is 0 Å². The van der Waals surface area contributed by atoms with Gasteiger partial charge in [0.15, 0.2) is 0 Å². The molecular weight excluding hydrogens is 558 g/mol. The summed E-state index contributed by atoms with van der Waals surface area (Å²) in [5.74, 6) is 2.14. The van der Waals surface area contributed by atoms with Gasteiger partial charge in [-0.3, -0.25) is 4.68 Å². The van der Waals surface area contributed by atoms with E-state index in [1.807, 2.05) is 59.5 Å². The van der Waals surface area contributed by atoms with E-state index in [1.54, 1.807) is 11.8 Å². The molecule has 0 unspecified atom stereocenters. The average Bonchev–Trinajstić information content (AvgIpc) is 3.79. The van der Waals surface area contributed by atoms with Crippen molar-refractivity contribution in [2.75, 3.05) is 7.11 Å². The summed E-state index contributed by atoms with van der Waals surface area (Å²) in [5, 5.41) is 9.14. The highest BCUT2D eigenvalue weighted by Gasteiger charge is 2.26. The predicted molar refractivity (Wildman–Crippen MR) is 139 cm³/mol. The lowest BCUT2D eigenvalue weighted by molar-refractivity contribution is 0.411. The third kappa shape index (κ3) is 5.11. The zero-order valence-corrected chi connectivity index (χ0v) is 21.8. The van der Waals surface area contributed by atoms with Crippen molar-refractivity contribution in [3.05, 3.63) is 92.7 Å². The molecule has 8 heteroatoms. The summed E-state index contributed by atoms with van der Waals surface area (Å²) in [4.78, 5) is 3.54. The van der Waals surface area contributed by atoms with Crippen LogP contribution < -0.4 is 4.74 Å². The molecule has 2 fully saturated rings. The van der Waals surface area contributed by atoms with Gasteiger partial charge in [-0.25, -0.2) is 9.53 Å². The van der Waals surface area contributed by atoms with Gasteiger partial charge < -0.3 is 4.74 Å². The maximum atomic E-state index is 7.20. The van der Waals surface area contributed by atoms with Crippen LogP contribution in [-0.2, 0) is 0 Å². The Kier molecular flexibility index (Phi) is 6.57. The van der Waals surface area contributed by atoms with Gasteiger partial charge >= 0.3 is 0 Å². The Bertz CT molecular complexity index is 1360. The minimum absolute atomic E-state index is 0.616. The average molecular weight is 581 g/mol. The van der Waals surface area contributed by atoms with Crippen molar-refractivity contribution in [2.24, 2.45) is 0 Å². The maximum absolute atomic E-state index is 7.20. The summed E-state index contributed by atoms with van der Waals surface area (Å²) < 4.78 is 11.0. The molecule has 172 valence electrons. The van der Waals surface area contributed by atoms with Crippen molar-refractivity contribution in [1.29, 1.82) is 0 Å². The lowest BCUT2D eigenvalue weighted by atomic mass is 10.3. The SMILES string of the molecule is COc1cc(Br)ccc1-n1ccc(C2CC2)n1.[C-]#[N+]c1cc(Br)ccc1-n1ccc(C2CC2)n1. The fraction of sp³-hybridized carbons (Fsp3) is 0.269. The van der Waals surface area contributed by atoms with Crippen molar-refractivity contribution in [3.8, 4) is 17.1 Å². The summed E-state index contributed by atoms with van der Waals surface area (Å²) in [7, 11) is 1.68. The van der Waals surface area contributed by atoms with Crippen LogP contribution in [0.1, 0.15) is 48.9 Å². The molecule has 6 rings (SSSR count). The van der Waals surface area contributed by atoms with E-state index in [0.717, 1.165) is 31.8 Å². The summed E-state index contributed by atoms with van der Waals surface area (Å²) in [6.07, 6.45) is 8.97. The molecule has 2 aliphatic rings. The molecule has 0 N–H and O–H groups in total. The highest BCUT2D eigenvalue weighted by atomic mass is 79.9. The van der Waals surface area contributed by atoms with Gasteiger partial charge in [0.05, 0.1) is 30.8 Å². The second-order valence-electron chi connectivity index (χ2n) is 8.48. The van der Waals surface area contributed by atoms with Crippen LogP contribution in [0.2, 0.25) is 0 Å². The van der Waals surface area contributed by atoms with Crippen LogP contribution in [0, 0.1) is 6.57 Å². The molecule has 34 heavy (non-hydrogen) atoms. The zero-order chi connectivity index (χ0) is 23.7. The molecule has 0 atom stereocenters. The predicted octanol–water partition coefficient (Wildman–Crippen LogP) is 7.58. The van der Waals surface area contributed by atoms with E-state index in [2.05, 4.69) is 53.0 Å². The lowest BCUT2D eigenvalue weighted by Crippen LogP contribution is -1.99. The van der Waals surface area contributed by atoms with E-state index in [4.69, 9.17) is 11.3 Å². The van der Waals surface area contributed by atoms with E-state index in [0.29, 0.717) is 17.5 Å².